The number of hydrogen-bond acceptors (Lipinski definition) is 5. The second-order valence-electron chi connectivity index (χ2n) is 5.83. The van der Waals surface area contributed by atoms with Crippen molar-refractivity contribution in [3.05, 3.63) is 19.7 Å². The molecule has 0 atom stereocenters. The maximum atomic E-state index is 4.72. The van der Waals surface area contributed by atoms with E-state index in [0.717, 1.165) is 44.6 Å². The second kappa shape index (κ2) is 6.56. The van der Waals surface area contributed by atoms with Crippen LogP contribution >= 0.6 is 33.9 Å². The molecule has 0 saturated heterocycles. The van der Waals surface area contributed by atoms with Gasteiger partial charge in [-0.1, -0.05) is 27.7 Å². The molecule has 0 radical (unpaired) electrons. The zero-order valence-electron chi connectivity index (χ0n) is 13.1. The van der Waals surface area contributed by atoms with Crippen molar-refractivity contribution in [1.82, 2.24) is 15.0 Å². The Bertz CT molecular complexity index is 631. The van der Waals surface area contributed by atoms with Crippen molar-refractivity contribution in [2.24, 2.45) is 0 Å². The van der Waals surface area contributed by atoms with E-state index in [-0.39, 0.29) is 5.41 Å². The molecule has 0 bridgehead atoms. The molecule has 6 heteroatoms. The van der Waals surface area contributed by atoms with Crippen LogP contribution in [0, 0.1) is 3.57 Å². The molecule has 0 aromatic carbocycles. The van der Waals surface area contributed by atoms with E-state index in [2.05, 4.69) is 77.9 Å². The number of halogens is 1. The van der Waals surface area contributed by atoms with Gasteiger partial charge in [0.2, 0.25) is 0 Å². The van der Waals surface area contributed by atoms with Crippen LogP contribution in [-0.4, -0.2) is 21.5 Å². The first-order valence-electron chi connectivity index (χ1n) is 7.13. The topological polar surface area (TPSA) is 50.7 Å². The lowest BCUT2D eigenvalue weighted by Gasteiger charge is -2.13. The normalized spacial score (nSPS) is 11.7. The summed E-state index contributed by atoms with van der Waals surface area (Å²) in [6.07, 6.45) is 0.891. The van der Waals surface area contributed by atoms with E-state index < -0.39 is 0 Å². The van der Waals surface area contributed by atoms with Gasteiger partial charge in [0, 0.05) is 17.3 Å². The number of hydrogen-bond donors (Lipinski definition) is 1. The lowest BCUT2D eigenvalue weighted by molar-refractivity contribution is 0.586. The first-order valence-corrected chi connectivity index (χ1v) is 9.09. The number of aromatic nitrogens is 3. The smallest absolute Gasteiger partial charge is 0.181 e. The van der Waals surface area contributed by atoms with Crippen molar-refractivity contribution >= 4 is 39.7 Å². The van der Waals surface area contributed by atoms with Crippen LogP contribution in [0.3, 0.4) is 0 Å². The molecule has 0 saturated carbocycles. The zero-order chi connectivity index (χ0) is 15.6. The predicted molar refractivity (Wildman–Crippen MR) is 98.1 cm³/mol. The van der Waals surface area contributed by atoms with Gasteiger partial charge in [0.05, 0.1) is 14.3 Å². The van der Waals surface area contributed by atoms with Crippen molar-refractivity contribution in [3.63, 3.8) is 0 Å². The first-order chi connectivity index (χ1) is 9.86. The van der Waals surface area contributed by atoms with Crippen LogP contribution in [0.4, 0.5) is 5.82 Å². The van der Waals surface area contributed by atoms with Crippen LogP contribution in [0.25, 0.3) is 11.5 Å². The van der Waals surface area contributed by atoms with Gasteiger partial charge in [-0.05, 0) is 35.9 Å². The lowest BCUT2D eigenvalue weighted by atomic mass is 9.98. The van der Waals surface area contributed by atoms with Gasteiger partial charge in [-0.3, -0.25) is 0 Å². The lowest BCUT2D eigenvalue weighted by Crippen LogP contribution is -2.11. The van der Waals surface area contributed by atoms with Gasteiger partial charge in [-0.25, -0.2) is 15.0 Å². The van der Waals surface area contributed by atoms with Gasteiger partial charge >= 0.3 is 0 Å². The number of thiazole rings is 1. The van der Waals surface area contributed by atoms with Crippen LogP contribution in [0.2, 0.25) is 0 Å². The molecular weight excluding hydrogens is 395 g/mol. The molecule has 4 nitrogen and oxygen atoms in total. The maximum absolute atomic E-state index is 4.72. The number of aryl methyl sites for hydroxylation is 1. The quantitative estimate of drug-likeness (QED) is 0.746. The zero-order valence-corrected chi connectivity index (χ0v) is 16.1. The van der Waals surface area contributed by atoms with Gasteiger partial charge in [0.25, 0.3) is 0 Å². The van der Waals surface area contributed by atoms with E-state index in [0.29, 0.717) is 0 Å². The molecule has 0 fully saturated rings. The number of nitrogens with one attached hydrogen (secondary N) is 1. The Labute approximate surface area is 144 Å². The van der Waals surface area contributed by atoms with E-state index in [9.17, 15) is 0 Å². The monoisotopic (exact) mass is 416 g/mol. The largest absolute Gasteiger partial charge is 0.369 e. The van der Waals surface area contributed by atoms with E-state index in [4.69, 9.17) is 4.98 Å². The van der Waals surface area contributed by atoms with Crippen LogP contribution < -0.4 is 5.32 Å². The molecular formula is C15H21IN4S. The van der Waals surface area contributed by atoms with Gasteiger partial charge < -0.3 is 5.32 Å². The van der Waals surface area contributed by atoms with Gasteiger partial charge in [-0.15, -0.1) is 11.3 Å². The average Bonchev–Trinajstić information content (AvgIpc) is 2.91. The van der Waals surface area contributed by atoms with Gasteiger partial charge in [0.15, 0.2) is 5.82 Å². The number of anilines is 1. The molecule has 2 heterocycles. The molecule has 0 aliphatic carbocycles. The highest BCUT2D eigenvalue weighted by Crippen LogP contribution is 2.30. The van der Waals surface area contributed by atoms with Crippen molar-refractivity contribution in [2.75, 3.05) is 11.9 Å². The summed E-state index contributed by atoms with van der Waals surface area (Å²) in [5.41, 5.74) is 2.00. The number of nitrogens with zero attached hydrogens (tertiary/aromatic N) is 3. The number of rotatable bonds is 4. The van der Waals surface area contributed by atoms with Crippen LogP contribution in [0.1, 0.15) is 45.3 Å². The Balaban J connectivity index is 2.48. The third-order valence-corrected chi connectivity index (χ3v) is 5.38. The molecule has 114 valence electrons. The van der Waals surface area contributed by atoms with Crippen LogP contribution in [-0.2, 0) is 11.8 Å². The van der Waals surface area contributed by atoms with E-state index in [1.807, 2.05) is 0 Å². The highest BCUT2D eigenvalue weighted by atomic mass is 127. The third-order valence-electron chi connectivity index (χ3n) is 2.97. The molecule has 0 aliphatic heterocycles. The summed E-state index contributed by atoms with van der Waals surface area (Å²) in [5.74, 6) is 1.63. The van der Waals surface area contributed by atoms with Gasteiger partial charge in [-0.2, -0.15) is 0 Å². The standard InChI is InChI=1S/C15H21IN4S/c1-6-9-11(16)13(17-7-2)20-12(18-9)10-8-21-14(19-10)15(3,4)5/h8H,6-7H2,1-5H3,(H,17,18,20). The SMILES string of the molecule is CCNc1nc(-c2csc(C(C)(C)C)n2)nc(CC)c1I. The summed E-state index contributed by atoms with van der Waals surface area (Å²) in [7, 11) is 0. The average molecular weight is 416 g/mol. The minimum absolute atomic E-state index is 0.0597. The highest BCUT2D eigenvalue weighted by molar-refractivity contribution is 14.1. The Hall–Kier alpha value is -0.760. The molecule has 0 amide bonds. The van der Waals surface area contributed by atoms with E-state index in [1.165, 1.54) is 0 Å². The third kappa shape index (κ3) is 3.71. The Morgan fingerprint density at radius 3 is 2.43 bits per heavy atom. The molecule has 1 N–H and O–H groups in total. The fraction of sp³-hybridized carbons (Fsp3) is 0.533. The molecule has 2 rings (SSSR count). The second-order valence-corrected chi connectivity index (χ2v) is 7.77. The molecule has 2 aromatic heterocycles. The summed E-state index contributed by atoms with van der Waals surface area (Å²) < 4.78 is 1.10. The Kier molecular flexibility index (Phi) is 5.19. The maximum Gasteiger partial charge on any atom is 0.181 e. The van der Waals surface area contributed by atoms with Crippen LogP contribution in [0.15, 0.2) is 5.38 Å². The molecule has 0 aliphatic rings. The summed E-state index contributed by atoms with van der Waals surface area (Å²) in [5, 5.41) is 6.48. The molecule has 2 aromatic rings. The molecule has 0 unspecified atom stereocenters. The fourth-order valence-corrected chi connectivity index (χ4v) is 3.55. The minimum atomic E-state index is 0.0597. The van der Waals surface area contributed by atoms with Gasteiger partial charge in [0.1, 0.15) is 11.5 Å². The minimum Gasteiger partial charge on any atom is -0.369 e. The van der Waals surface area contributed by atoms with Crippen molar-refractivity contribution < 1.29 is 0 Å². The van der Waals surface area contributed by atoms with E-state index in [1.54, 1.807) is 11.3 Å². The molecule has 0 spiro atoms. The predicted octanol–water partition coefficient (Wildman–Crippen LogP) is 4.50. The summed E-state index contributed by atoms with van der Waals surface area (Å²) in [6.45, 7) is 11.6. The highest BCUT2D eigenvalue weighted by Gasteiger charge is 2.20. The first kappa shape index (κ1) is 16.6. The summed E-state index contributed by atoms with van der Waals surface area (Å²) in [4.78, 5) is 14.1. The summed E-state index contributed by atoms with van der Waals surface area (Å²) in [6, 6.07) is 0. The molecule has 21 heavy (non-hydrogen) atoms. The Morgan fingerprint density at radius 1 is 1.19 bits per heavy atom. The Morgan fingerprint density at radius 2 is 1.90 bits per heavy atom. The van der Waals surface area contributed by atoms with Crippen LogP contribution in [0.5, 0.6) is 0 Å². The van der Waals surface area contributed by atoms with E-state index >= 15 is 0 Å². The summed E-state index contributed by atoms with van der Waals surface area (Å²) >= 11 is 3.99. The van der Waals surface area contributed by atoms with Crippen molar-refractivity contribution in [1.29, 1.82) is 0 Å². The fourth-order valence-electron chi connectivity index (χ4n) is 1.85. The van der Waals surface area contributed by atoms with Crippen molar-refractivity contribution in [2.45, 2.75) is 46.5 Å². The van der Waals surface area contributed by atoms with Crippen molar-refractivity contribution in [3.8, 4) is 11.5 Å².